The van der Waals surface area contributed by atoms with E-state index >= 15 is 0 Å². The number of aryl methyl sites for hydroxylation is 2. The Balaban J connectivity index is 1.40. The maximum absolute atomic E-state index is 12.4. The minimum atomic E-state index is -0.121. The molecule has 0 atom stereocenters. The molecule has 4 rings (SSSR count). The van der Waals surface area contributed by atoms with Gasteiger partial charge in [-0.25, -0.2) is 0 Å². The monoisotopic (exact) mass is 362 g/mol. The molecule has 3 aromatic rings. The van der Waals surface area contributed by atoms with Crippen LogP contribution in [0.2, 0.25) is 0 Å². The van der Waals surface area contributed by atoms with Crippen molar-refractivity contribution in [1.82, 2.24) is 10.6 Å². The first-order valence-electron chi connectivity index (χ1n) is 9.23. The summed E-state index contributed by atoms with van der Waals surface area (Å²) in [4.78, 5) is 23.9. The van der Waals surface area contributed by atoms with Crippen LogP contribution in [0.3, 0.4) is 0 Å². The zero-order valence-electron chi connectivity index (χ0n) is 15.3. The molecule has 1 aliphatic rings. The van der Waals surface area contributed by atoms with Gasteiger partial charge in [-0.05, 0) is 60.2 Å². The van der Waals surface area contributed by atoms with Crippen molar-refractivity contribution in [2.24, 2.45) is 0 Å². The fourth-order valence-electron chi connectivity index (χ4n) is 3.64. The first kappa shape index (κ1) is 17.3. The standard InChI is InChI=1S/C22H22N2O3/c1-23-22(26)15-7-5-14(6-8-15)12-24-21(25)11-18-13-27-20-10-17-4-2-3-16(17)9-19(18)20/h5-10,13H,2-4,11-12H2,1H3,(H,23,26)(H,24,25). The topological polar surface area (TPSA) is 71.3 Å². The van der Waals surface area contributed by atoms with Crippen LogP contribution >= 0.6 is 0 Å². The lowest BCUT2D eigenvalue weighted by Gasteiger charge is -2.06. The lowest BCUT2D eigenvalue weighted by molar-refractivity contribution is -0.120. The average molecular weight is 362 g/mol. The largest absolute Gasteiger partial charge is 0.464 e. The van der Waals surface area contributed by atoms with Crippen molar-refractivity contribution in [1.29, 1.82) is 0 Å². The molecule has 0 unspecified atom stereocenters. The summed E-state index contributed by atoms with van der Waals surface area (Å²) in [7, 11) is 1.60. The van der Waals surface area contributed by atoms with Crippen LogP contribution in [-0.4, -0.2) is 18.9 Å². The van der Waals surface area contributed by atoms with Crippen LogP contribution in [0.1, 0.15) is 39.0 Å². The van der Waals surface area contributed by atoms with Crippen LogP contribution in [0.5, 0.6) is 0 Å². The molecular weight excluding hydrogens is 340 g/mol. The van der Waals surface area contributed by atoms with Crippen LogP contribution in [-0.2, 0) is 30.6 Å². The summed E-state index contributed by atoms with van der Waals surface area (Å²) in [6.07, 6.45) is 5.39. The second-order valence-corrected chi connectivity index (χ2v) is 6.96. The van der Waals surface area contributed by atoms with Gasteiger partial charge in [-0.15, -0.1) is 0 Å². The van der Waals surface area contributed by atoms with Gasteiger partial charge >= 0.3 is 0 Å². The average Bonchev–Trinajstić information content (AvgIpc) is 3.31. The number of carbonyl (C=O) groups excluding carboxylic acids is 2. The molecule has 0 spiro atoms. The molecule has 27 heavy (non-hydrogen) atoms. The lowest BCUT2D eigenvalue weighted by atomic mass is 10.0. The van der Waals surface area contributed by atoms with E-state index < -0.39 is 0 Å². The molecule has 0 aliphatic heterocycles. The highest BCUT2D eigenvalue weighted by atomic mass is 16.3. The summed E-state index contributed by atoms with van der Waals surface area (Å²) in [6, 6.07) is 11.5. The Hall–Kier alpha value is -3.08. The van der Waals surface area contributed by atoms with E-state index in [9.17, 15) is 9.59 Å². The van der Waals surface area contributed by atoms with E-state index in [1.165, 1.54) is 17.5 Å². The van der Waals surface area contributed by atoms with Crippen molar-refractivity contribution >= 4 is 22.8 Å². The third-order valence-corrected chi connectivity index (χ3v) is 5.15. The number of fused-ring (bicyclic) bond motifs is 2. The Kier molecular flexibility index (Phi) is 4.67. The van der Waals surface area contributed by atoms with Crippen molar-refractivity contribution in [3.05, 3.63) is 70.5 Å². The highest BCUT2D eigenvalue weighted by Crippen LogP contribution is 2.30. The Bertz CT molecular complexity index is 1000. The first-order chi connectivity index (χ1) is 13.1. The van der Waals surface area contributed by atoms with E-state index in [4.69, 9.17) is 4.42 Å². The fraction of sp³-hybridized carbons (Fsp3) is 0.273. The summed E-state index contributed by atoms with van der Waals surface area (Å²) >= 11 is 0. The van der Waals surface area contributed by atoms with Gasteiger partial charge in [0.25, 0.3) is 5.91 Å². The van der Waals surface area contributed by atoms with Gasteiger partial charge in [0.1, 0.15) is 5.58 Å². The molecule has 5 nitrogen and oxygen atoms in total. The van der Waals surface area contributed by atoms with Crippen LogP contribution < -0.4 is 10.6 Å². The smallest absolute Gasteiger partial charge is 0.251 e. The van der Waals surface area contributed by atoms with Gasteiger partial charge in [0.05, 0.1) is 12.7 Å². The molecule has 1 aromatic heterocycles. The number of amides is 2. The highest BCUT2D eigenvalue weighted by molar-refractivity contribution is 5.94. The molecule has 5 heteroatoms. The minimum Gasteiger partial charge on any atom is -0.464 e. The van der Waals surface area contributed by atoms with Gasteiger partial charge in [-0.1, -0.05) is 12.1 Å². The number of benzene rings is 2. The van der Waals surface area contributed by atoms with E-state index in [1.54, 1.807) is 25.4 Å². The molecule has 0 radical (unpaired) electrons. The Morgan fingerprint density at radius 2 is 1.81 bits per heavy atom. The predicted octanol–water partition coefficient (Wildman–Crippen LogP) is 3.14. The number of rotatable bonds is 5. The van der Waals surface area contributed by atoms with Gasteiger partial charge in [-0.3, -0.25) is 9.59 Å². The van der Waals surface area contributed by atoms with Crippen LogP contribution in [0.4, 0.5) is 0 Å². The molecule has 0 bridgehead atoms. The second-order valence-electron chi connectivity index (χ2n) is 6.96. The molecule has 1 aliphatic carbocycles. The minimum absolute atomic E-state index is 0.0476. The van der Waals surface area contributed by atoms with E-state index in [-0.39, 0.29) is 11.8 Å². The van der Waals surface area contributed by atoms with Crippen molar-refractivity contribution < 1.29 is 14.0 Å². The molecule has 2 N–H and O–H groups in total. The normalized spacial score (nSPS) is 12.8. The van der Waals surface area contributed by atoms with Crippen LogP contribution in [0.25, 0.3) is 11.0 Å². The van der Waals surface area contributed by atoms with E-state index in [0.29, 0.717) is 18.5 Å². The van der Waals surface area contributed by atoms with Gasteiger partial charge in [0.2, 0.25) is 5.91 Å². The number of hydrogen-bond acceptors (Lipinski definition) is 3. The third kappa shape index (κ3) is 3.58. The number of nitrogens with one attached hydrogen (secondary N) is 2. The van der Waals surface area contributed by atoms with Gasteiger partial charge in [0.15, 0.2) is 0 Å². The van der Waals surface area contributed by atoms with Crippen molar-refractivity contribution in [2.75, 3.05) is 7.05 Å². The Morgan fingerprint density at radius 3 is 2.56 bits per heavy atom. The maximum atomic E-state index is 12.4. The molecular formula is C22H22N2O3. The number of carbonyl (C=O) groups is 2. The zero-order chi connectivity index (χ0) is 18.8. The molecule has 2 aromatic carbocycles. The molecule has 2 amide bonds. The quantitative estimate of drug-likeness (QED) is 0.732. The van der Waals surface area contributed by atoms with Crippen molar-refractivity contribution in [3.8, 4) is 0 Å². The molecule has 1 heterocycles. The van der Waals surface area contributed by atoms with Gasteiger partial charge in [0, 0.05) is 30.1 Å². The summed E-state index contributed by atoms with van der Waals surface area (Å²) < 4.78 is 5.67. The van der Waals surface area contributed by atoms with Crippen LogP contribution in [0.15, 0.2) is 47.1 Å². The zero-order valence-corrected chi connectivity index (χ0v) is 15.3. The third-order valence-electron chi connectivity index (χ3n) is 5.15. The van der Waals surface area contributed by atoms with E-state index in [2.05, 4.69) is 22.8 Å². The van der Waals surface area contributed by atoms with Crippen molar-refractivity contribution in [3.63, 3.8) is 0 Å². The SMILES string of the molecule is CNC(=O)c1ccc(CNC(=O)Cc2coc3cc4c(cc23)CCC4)cc1. The second kappa shape index (κ2) is 7.27. The maximum Gasteiger partial charge on any atom is 0.251 e. The van der Waals surface area contributed by atoms with Crippen molar-refractivity contribution in [2.45, 2.75) is 32.2 Å². The van der Waals surface area contributed by atoms with E-state index in [0.717, 1.165) is 34.9 Å². The molecule has 0 fully saturated rings. The predicted molar refractivity (Wildman–Crippen MR) is 104 cm³/mol. The van der Waals surface area contributed by atoms with Crippen LogP contribution in [0, 0.1) is 0 Å². The fourth-order valence-corrected chi connectivity index (χ4v) is 3.64. The lowest BCUT2D eigenvalue weighted by Crippen LogP contribution is -2.24. The Labute approximate surface area is 157 Å². The first-order valence-corrected chi connectivity index (χ1v) is 9.23. The van der Waals surface area contributed by atoms with Gasteiger partial charge < -0.3 is 15.1 Å². The summed E-state index contributed by atoms with van der Waals surface area (Å²) in [5, 5.41) is 6.57. The molecule has 138 valence electrons. The Morgan fingerprint density at radius 1 is 1.07 bits per heavy atom. The molecule has 0 saturated carbocycles. The van der Waals surface area contributed by atoms with Gasteiger partial charge in [-0.2, -0.15) is 0 Å². The number of hydrogen-bond donors (Lipinski definition) is 2. The summed E-state index contributed by atoms with van der Waals surface area (Å²) in [6.45, 7) is 0.429. The summed E-state index contributed by atoms with van der Waals surface area (Å²) in [5.74, 6) is -0.169. The summed E-state index contributed by atoms with van der Waals surface area (Å²) in [5.41, 5.74) is 6.08. The number of furan rings is 1. The highest BCUT2D eigenvalue weighted by Gasteiger charge is 2.16. The molecule has 0 saturated heterocycles. The van der Waals surface area contributed by atoms with E-state index in [1.807, 2.05) is 12.1 Å².